The zero-order valence-corrected chi connectivity index (χ0v) is 19.4. The van der Waals surface area contributed by atoms with Gasteiger partial charge in [0.05, 0.1) is 15.8 Å². The van der Waals surface area contributed by atoms with E-state index in [2.05, 4.69) is 10.3 Å². The Kier molecular flexibility index (Phi) is 7.70. The maximum Gasteiger partial charge on any atom is 0.329 e. The van der Waals surface area contributed by atoms with E-state index in [4.69, 9.17) is 0 Å². The van der Waals surface area contributed by atoms with Crippen LogP contribution in [0.5, 0.6) is 0 Å². The first-order chi connectivity index (χ1) is 15.8. The van der Waals surface area contributed by atoms with Crippen LogP contribution in [0.15, 0.2) is 63.0 Å². The molecule has 0 bridgehead atoms. The van der Waals surface area contributed by atoms with Crippen LogP contribution in [0.4, 0.5) is 4.79 Å². The number of rotatable bonds is 9. The Morgan fingerprint density at radius 1 is 1.06 bits per heavy atom. The van der Waals surface area contributed by atoms with Crippen LogP contribution in [-0.2, 0) is 16.4 Å². The summed E-state index contributed by atoms with van der Waals surface area (Å²) in [6.45, 7) is 4.24. The highest BCUT2D eigenvalue weighted by atomic mass is 32.2. The molecule has 0 spiro atoms. The van der Waals surface area contributed by atoms with E-state index in [0.717, 1.165) is 18.4 Å². The molecule has 3 rings (SSSR count). The van der Waals surface area contributed by atoms with Crippen molar-refractivity contribution in [1.82, 2.24) is 19.6 Å². The van der Waals surface area contributed by atoms with Gasteiger partial charge in [0.2, 0.25) is 0 Å². The fourth-order valence-electron chi connectivity index (χ4n) is 3.60. The van der Waals surface area contributed by atoms with Gasteiger partial charge in [-0.25, -0.2) is 22.7 Å². The number of unbranched alkanes of at least 4 members (excludes halogenated alkanes) is 1. The molecular formula is C23H28N4O5S. The van der Waals surface area contributed by atoms with Gasteiger partial charge in [-0.1, -0.05) is 44.5 Å². The van der Waals surface area contributed by atoms with Crippen LogP contribution >= 0.6 is 0 Å². The van der Waals surface area contributed by atoms with E-state index >= 15 is 0 Å². The van der Waals surface area contributed by atoms with Gasteiger partial charge in [0.1, 0.15) is 0 Å². The van der Waals surface area contributed by atoms with Gasteiger partial charge in [0, 0.05) is 12.6 Å². The molecule has 176 valence electrons. The van der Waals surface area contributed by atoms with Crippen LogP contribution in [0.3, 0.4) is 0 Å². The summed E-state index contributed by atoms with van der Waals surface area (Å²) in [5, 5.41) is 2.93. The van der Waals surface area contributed by atoms with Crippen LogP contribution in [0, 0.1) is 0 Å². The number of aromatic amines is 1. The number of hydrogen-bond donors (Lipinski definition) is 3. The summed E-state index contributed by atoms with van der Waals surface area (Å²) < 4.78 is 28.1. The summed E-state index contributed by atoms with van der Waals surface area (Å²) in [6, 6.07) is 11.7. The van der Waals surface area contributed by atoms with Crippen molar-refractivity contribution in [3.05, 3.63) is 74.9 Å². The summed E-state index contributed by atoms with van der Waals surface area (Å²) in [5.41, 5.74) is 0.397. The van der Waals surface area contributed by atoms with Crippen molar-refractivity contribution in [2.75, 3.05) is 6.54 Å². The first kappa shape index (κ1) is 24.2. The minimum atomic E-state index is -4.01. The molecule has 0 aliphatic heterocycles. The fraction of sp³-hybridized carbons (Fsp3) is 0.348. The number of carbonyl (C=O) groups is 1. The zero-order chi connectivity index (χ0) is 24.0. The summed E-state index contributed by atoms with van der Waals surface area (Å²) in [4.78, 5) is 40.1. The number of benzene rings is 2. The highest BCUT2D eigenvalue weighted by Gasteiger charge is 2.19. The second kappa shape index (κ2) is 10.5. The zero-order valence-electron chi connectivity index (χ0n) is 18.6. The summed E-state index contributed by atoms with van der Waals surface area (Å²) >= 11 is 0. The Labute approximate surface area is 191 Å². The highest BCUT2D eigenvalue weighted by molar-refractivity contribution is 7.90. The number of amides is 2. The molecule has 1 unspecified atom stereocenters. The number of hydrogen-bond acceptors (Lipinski definition) is 5. The lowest BCUT2D eigenvalue weighted by molar-refractivity contribution is 0.245. The largest absolute Gasteiger partial charge is 0.337 e. The van der Waals surface area contributed by atoms with E-state index in [1.807, 2.05) is 18.6 Å². The standard InChI is InChI=1S/C23H28N4O5S/c1-3-5-14-24-22(29)26-33(31,32)18-12-10-16(11-13-18)15-17(4-2)27-21(28)19-8-6-7-9-20(19)25-23(27)30/h6-13,17H,3-5,14-15H2,1-2H3,(H,25,30)(H2,24,26,29). The number of aromatic nitrogens is 2. The lowest BCUT2D eigenvalue weighted by Crippen LogP contribution is -2.39. The van der Waals surface area contributed by atoms with Crippen molar-refractivity contribution in [1.29, 1.82) is 0 Å². The minimum absolute atomic E-state index is 0.0503. The van der Waals surface area contributed by atoms with Crippen LogP contribution in [0.25, 0.3) is 10.9 Å². The molecule has 0 saturated heterocycles. The Morgan fingerprint density at radius 3 is 2.42 bits per heavy atom. The number of urea groups is 1. The molecule has 0 aliphatic rings. The molecule has 10 heteroatoms. The number of sulfonamides is 1. The second-order valence-corrected chi connectivity index (χ2v) is 9.46. The van der Waals surface area contributed by atoms with Crippen LogP contribution < -0.4 is 21.3 Å². The molecule has 1 heterocycles. The molecule has 1 atom stereocenters. The van der Waals surface area contributed by atoms with E-state index in [1.165, 1.54) is 16.7 Å². The molecule has 0 aliphatic carbocycles. The third-order valence-electron chi connectivity index (χ3n) is 5.42. The third kappa shape index (κ3) is 5.70. The Bertz CT molecular complexity index is 1340. The molecule has 0 fully saturated rings. The van der Waals surface area contributed by atoms with Gasteiger partial charge in [-0.05, 0) is 49.1 Å². The Morgan fingerprint density at radius 2 is 1.76 bits per heavy atom. The number of carbonyl (C=O) groups excluding carboxylic acids is 1. The van der Waals surface area contributed by atoms with E-state index < -0.39 is 27.8 Å². The predicted octanol–water partition coefficient (Wildman–Crippen LogP) is 2.67. The Balaban J connectivity index is 1.79. The maximum absolute atomic E-state index is 12.9. The van der Waals surface area contributed by atoms with Crippen molar-refractivity contribution in [2.24, 2.45) is 0 Å². The number of para-hydroxylation sites is 1. The molecule has 0 saturated carbocycles. The van der Waals surface area contributed by atoms with Crippen molar-refractivity contribution in [3.63, 3.8) is 0 Å². The molecule has 0 radical (unpaired) electrons. The number of H-pyrrole nitrogens is 1. The van der Waals surface area contributed by atoms with Crippen molar-refractivity contribution >= 4 is 27.0 Å². The Hall–Kier alpha value is -3.40. The van der Waals surface area contributed by atoms with Crippen LogP contribution in [0.2, 0.25) is 0 Å². The normalized spacial score (nSPS) is 12.4. The third-order valence-corrected chi connectivity index (χ3v) is 6.77. The highest BCUT2D eigenvalue weighted by Crippen LogP contribution is 2.18. The summed E-state index contributed by atoms with van der Waals surface area (Å²) in [7, 11) is -4.01. The molecule has 3 aromatic rings. The van der Waals surface area contributed by atoms with Gasteiger partial charge in [-0.2, -0.15) is 0 Å². The molecule has 3 N–H and O–H groups in total. The van der Waals surface area contributed by atoms with Crippen molar-refractivity contribution in [3.8, 4) is 0 Å². The van der Waals surface area contributed by atoms with Crippen molar-refractivity contribution in [2.45, 2.75) is 50.5 Å². The first-order valence-corrected chi connectivity index (χ1v) is 12.4. The quantitative estimate of drug-likeness (QED) is 0.412. The van der Waals surface area contributed by atoms with Gasteiger partial charge in [0.15, 0.2) is 0 Å². The average Bonchev–Trinajstić information content (AvgIpc) is 2.78. The topological polar surface area (TPSA) is 130 Å². The van der Waals surface area contributed by atoms with Gasteiger partial charge >= 0.3 is 11.7 Å². The lowest BCUT2D eigenvalue weighted by atomic mass is 10.0. The fourth-order valence-corrected chi connectivity index (χ4v) is 4.53. The number of nitrogens with one attached hydrogen (secondary N) is 3. The maximum atomic E-state index is 12.9. The molecule has 9 nitrogen and oxygen atoms in total. The summed E-state index contributed by atoms with van der Waals surface area (Å²) in [6.07, 6.45) is 2.53. The molecule has 33 heavy (non-hydrogen) atoms. The summed E-state index contributed by atoms with van der Waals surface area (Å²) in [5.74, 6) is 0. The van der Waals surface area contributed by atoms with Crippen LogP contribution in [-0.4, -0.2) is 30.5 Å². The first-order valence-electron chi connectivity index (χ1n) is 10.9. The number of fused-ring (bicyclic) bond motifs is 1. The SMILES string of the molecule is CCCCNC(=O)NS(=O)(=O)c1ccc(CC(CC)n2c(=O)[nH]c3ccccc3c2=O)cc1. The van der Waals surface area contributed by atoms with Gasteiger partial charge < -0.3 is 10.3 Å². The van der Waals surface area contributed by atoms with E-state index in [9.17, 15) is 22.8 Å². The number of nitrogens with zero attached hydrogens (tertiary/aromatic N) is 1. The molecule has 2 amide bonds. The monoisotopic (exact) mass is 472 g/mol. The van der Waals surface area contributed by atoms with Crippen molar-refractivity contribution < 1.29 is 13.2 Å². The average molecular weight is 473 g/mol. The van der Waals surface area contributed by atoms with Gasteiger partial charge in [-0.15, -0.1) is 0 Å². The smallest absolute Gasteiger partial charge is 0.329 e. The van der Waals surface area contributed by atoms with E-state index in [-0.39, 0.29) is 10.5 Å². The second-order valence-electron chi connectivity index (χ2n) is 7.78. The molecule has 1 aromatic heterocycles. The van der Waals surface area contributed by atoms with Gasteiger partial charge in [-0.3, -0.25) is 9.36 Å². The minimum Gasteiger partial charge on any atom is -0.337 e. The van der Waals surface area contributed by atoms with Crippen LogP contribution in [0.1, 0.15) is 44.7 Å². The van der Waals surface area contributed by atoms with E-state index in [1.54, 1.807) is 36.4 Å². The van der Waals surface area contributed by atoms with Gasteiger partial charge in [0.25, 0.3) is 15.6 Å². The molecule has 2 aromatic carbocycles. The lowest BCUT2D eigenvalue weighted by Gasteiger charge is -2.18. The van der Waals surface area contributed by atoms with E-state index in [0.29, 0.717) is 30.3 Å². The molecular weight excluding hydrogens is 444 g/mol. The predicted molar refractivity (Wildman–Crippen MR) is 127 cm³/mol.